The van der Waals surface area contributed by atoms with Crippen molar-refractivity contribution in [2.45, 2.75) is 13.8 Å². The van der Waals surface area contributed by atoms with Gasteiger partial charge in [0.15, 0.2) is 0 Å². The van der Waals surface area contributed by atoms with E-state index in [1.54, 1.807) is 17.0 Å². The van der Waals surface area contributed by atoms with E-state index in [1.165, 1.54) is 0 Å². The molecule has 0 spiro atoms. The third-order valence-corrected chi connectivity index (χ3v) is 1.18. The first-order chi connectivity index (χ1) is 5.47. The maximum atomic E-state index is 3.95. The summed E-state index contributed by atoms with van der Waals surface area (Å²) in [5, 5.41) is 7.87. The lowest BCUT2D eigenvalue weighted by atomic mass is 10.5. The van der Waals surface area contributed by atoms with Crippen LogP contribution in [0.25, 0.3) is 5.52 Å². The number of aromatic nitrogens is 3. The molecule has 11 heavy (non-hydrogen) atoms. The van der Waals surface area contributed by atoms with Crippen molar-refractivity contribution in [2.24, 2.45) is 0 Å². The van der Waals surface area contributed by atoms with Gasteiger partial charge < -0.3 is 0 Å². The van der Waals surface area contributed by atoms with Gasteiger partial charge in [0.2, 0.25) is 0 Å². The Kier molecular flexibility index (Phi) is 2.60. The number of hydrogen-bond donors (Lipinski definition) is 0. The van der Waals surface area contributed by atoms with E-state index < -0.39 is 0 Å². The van der Waals surface area contributed by atoms with E-state index >= 15 is 0 Å². The SMILES string of the molecule is CC.c1cnn2nccc2c1. The highest BCUT2D eigenvalue weighted by molar-refractivity contribution is 5.42. The Morgan fingerprint density at radius 1 is 1.09 bits per heavy atom. The van der Waals surface area contributed by atoms with Gasteiger partial charge in [-0.05, 0) is 18.2 Å². The predicted molar refractivity (Wildman–Crippen MR) is 44.3 cm³/mol. The molecule has 0 aromatic carbocycles. The zero-order valence-corrected chi connectivity index (χ0v) is 6.73. The molecule has 0 atom stereocenters. The summed E-state index contributed by atoms with van der Waals surface area (Å²) in [5.74, 6) is 0. The smallest absolute Gasteiger partial charge is 0.0873 e. The van der Waals surface area contributed by atoms with Gasteiger partial charge in [-0.2, -0.15) is 14.8 Å². The van der Waals surface area contributed by atoms with Crippen LogP contribution in [0.2, 0.25) is 0 Å². The molecule has 0 aliphatic rings. The predicted octanol–water partition coefficient (Wildman–Crippen LogP) is 1.76. The molecule has 3 nitrogen and oxygen atoms in total. The van der Waals surface area contributed by atoms with E-state index in [4.69, 9.17) is 0 Å². The molecular weight excluding hydrogens is 138 g/mol. The molecule has 2 rings (SSSR count). The highest BCUT2D eigenvalue weighted by atomic mass is 15.4. The normalized spacial score (nSPS) is 8.91. The van der Waals surface area contributed by atoms with Gasteiger partial charge in [-0.25, -0.2) is 0 Å². The van der Waals surface area contributed by atoms with Crippen LogP contribution in [0.5, 0.6) is 0 Å². The van der Waals surface area contributed by atoms with Crippen molar-refractivity contribution in [3.05, 3.63) is 30.6 Å². The second kappa shape index (κ2) is 3.71. The third-order valence-electron chi connectivity index (χ3n) is 1.18. The quantitative estimate of drug-likeness (QED) is 0.571. The molecule has 3 heteroatoms. The van der Waals surface area contributed by atoms with Crippen LogP contribution >= 0.6 is 0 Å². The number of fused-ring (bicyclic) bond motifs is 1. The molecule has 0 saturated carbocycles. The standard InChI is InChI=1S/C6H5N3.C2H6/c1-2-6-3-5-8-9(6)7-4-1;1-2/h1-5H;1-2H3. The molecule has 0 saturated heterocycles. The summed E-state index contributed by atoms with van der Waals surface area (Å²) in [7, 11) is 0. The molecule has 0 aliphatic carbocycles. The molecule has 0 amide bonds. The lowest BCUT2D eigenvalue weighted by molar-refractivity contribution is 0.800. The van der Waals surface area contributed by atoms with Gasteiger partial charge in [0.05, 0.1) is 11.7 Å². The van der Waals surface area contributed by atoms with Crippen molar-refractivity contribution in [1.29, 1.82) is 0 Å². The summed E-state index contributed by atoms with van der Waals surface area (Å²) >= 11 is 0. The molecule has 2 aromatic rings. The third kappa shape index (κ3) is 1.55. The van der Waals surface area contributed by atoms with Crippen molar-refractivity contribution >= 4 is 5.52 Å². The van der Waals surface area contributed by atoms with Crippen molar-refractivity contribution in [2.75, 3.05) is 0 Å². The largest absolute Gasteiger partial charge is 0.159 e. The van der Waals surface area contributed by atoms with Gasteiger partial charge in [-0.1, -0.05) is 13.8 Å². The molecule has 0 N–H and O–H groups in total. The van der Waals surface area contributed by atoms with E-state index in [1.807, 2.05) is 32.0 Å². The lowest BCUT2D eigenvalue weighted by Crippen LogP contribution is -1.89. The fourth-order valence-electron chi connectivity index (χ4n) is 0.768. The lowest BCUT2D eigenvalue weighted by Gasteiger charge is -1.85. The first-order valence-corrected chi connectivity index (χ1v) is 3.72. The van der Waals surface area contributed by atoms with E-state index in [9.17, 15) is 0 Å². The molecule has 2 heterocycles. The van der Waals surface area contributed by atoms with Gasteiger partial charge in [0.1, 0.15) is 0 Å². The molecule has 58 valence electrons. The van der Waals surface area contributed by atoms with E-state index in [0.717, 1.165) is 5.52 Å². The van der Waals surface area contributed by atoms with E-state index in [-0.39, 0.29) is 0 Å². The van der Waals surface area contributed by atoms with Crippen molar-refractivity contribution < 1.29 is 0 Å². The second-order valence-electron chi connectivity index (χ2n) is 1.77. The van der Waals surface area contributed by atoms with Gasteiger partial charge in [0.25, 0.3) is 0 Å². The first kappa shape index (κ1) is 7.72. The van der Waals surface area contributed by atoms with Crippen LogP contribution in [0.4, 0.5) is 0 Å². The summed E-state index contributed by atoms with van der Waals surface area (Å²) in [6, 6.07) is 5.75. The van der Waals surface area contributed by atoms with Crippen LogP contribution in [-0.2, 0) is 0 Å². The van der Waals surface area contributed by atoms with Crippen molar-refractivity contribution in [1.82, 2.24) is 14.8 Å². The second-order valence-corrected chi connectivity index (χ2v) is 1.77. The molecule has 0 bridgehead atoms. The molecule has 2 aromatic heterocycles. The van der Waals surface area contributed by atoms with Crippen LogP contribution in [0.15, 0.2) is 30.6 Å². The zero-order valence-electron chi connectivity index (χ0n) is 6.73. The molecule has 0 aliphatic heterocycles. The van der Waals surface area contributed by atoms with Gasteiger partial charge in [-0.15, -0.1) is 0 Å². The Balaban J connectivity index is 0.000000281. The number of nitrogens with zero attached hydrogens (tertiary/aromatic N) is 3. The Hall–Kier alpha value is -1.38. The minimum absolute atomic E-state index is 1.03. The minimum Gasteiger partial charge on any atom is -0.159 e. The van der Waals surface area contributed by atoms with Crippen LogP contribution in [-0.4, -0.2) is 14.8 Å². The Morgan fingerprint density at radius 2 is 1.82 bits per heavy atom. The summed E-state index contributed by atoms with van der Waals surface area (Å²) in [5.41, 5.74) is 1.03. The van der Waals surface area contributed by atoms with Gasteiger partial charge in [0, 0.05) is 6.20 Å². The number of hydrogen-bond acceptors (Lipinski definition) is 2. The maximum Gasteiger partial charge on any atom is 0.0873 e. The van der Waals surface area contributed by atoms with Crippen molar-refractivity contribution in [3.63, 3.8) is 0 Å². The Labute approximate surface area is 65.7 Å². The van der Waals surface area contributed by atoms with Crippen LogP contribution in [0, 0.1) is 0 Å². The van der Waals surface area contributed by atoms with Crippen LogP contribution in [0.3, 0.4) is 0 Å². The summed E-state index contributed by atoms with van der Waals surface area (Å²) < 4.78 is 1.58. The van der Waals surface area contributed by atoms with E-state index in [0.29, 0.717) is 0 Å². The first-order valence-electron chi connectivity index (χ1n) is 3.72. The fourth-order valence-corrected chi connectivity index (χ4v) is 0.768. The van der Waals surface area contributed by atoms with Gasteiger partial charge >= 0.3 is 0 Å². The van der Waals surface area contributed by atoms with Gasteiger partial charge in [-0.3, -0.25) is 0 Å². The summed E-state index contributed by atoms with van der Waals surface area (Å²) in [6.07, 6.45) is 3.43. The summed E-state index contributed by atoms with van der Waals surface area (Å²) in [4.78, 5) is 0. The summed E-state index contributed by atoms with van der Waals surface area (Å²) in [6.45, 7) is 4.00. The fraction of sp³-hybridized carbons (Fsp3) is 0.250. The number of rotatable bonds is 0. The monoisotopic (exact) mass is 149 g/mol. The average Bonchev–Trinajstić information content (AvgIpc) is 2.55. The Bertz CT molecular complexity index is 283. The van der Waals surface area contributed by atoms with Crippen LogP contribution in [0.1, 0.15) is 13.8 Å². The average molecular weight is 149 g/mol. The molecule has 0 radical (unpaired) electrons. The van der Waals surface area contributed by atoms with E-state index in [2.05, 4.69) is 10.2 Å². The molecule has 0 fully saturated rings. The van der Waals surface area contributed by atoms with Crippen LogP contribution < -0.4 is 0 Å². The highest BCUT2D eigenvalue weighted by Crippen LogP contribution is 1.95. The zero-order chi connectivity index (χ0) is 8.10. The Morgan fingerprint density at radius 3 is 2.55 bits per heavy atom. The maximum absolute atomic E-state index is 3.95. The topological polar surface area (TPSA) is 30.2 Å². The molecular formula is C8H11N3. The minimum atomic E-state index is 1.03. The highest BCUT2D eigenvalue weighted by Gasteiger charge is 1.86. The molecule has 0 unspecified atom stereocenters. The van der Waals surface area contributed by atoms with Crippen molar-refractivity contribution in [3.8, 4) is 0 Å².